The lowest BCUT2D eigenvalue weighted by Gasteiger charge is -2.16. The summed E-state index contributed by atoms with van der Waals surface area (Å²) >= 11 is 0. The number of hydrogen-bond donors (Lipinski definition) is 1. The first-order valence-electron chi connectivity index (χ1n) is 7.86. The molecule has 118 valence electrons. The van der Waals surface area contributed by atoms with Gasteiger partial charge in [0.25, 0.3) is 0 Å². The van der Waals surface area contributed by atoms with E-state index < -0.39 is 11.4 Å². The number of pyridine rings is 1. The number of nitrogens with zero attached hydrogens (tertiary/aromatic N) is 1. The van der Waals surface area contributed by atoms with Crippen molar-refractivity contribution < 1.29 is 13.9 Å². The molecule has 0 atom stereocenters. The van der Waals surface area contributed by atoms with Gasteiger partial charge in [-0.15, -0.1) is 0 Å². The van der Waals surface area contributed by atoms with Gasteiger partial charge >= 0.3 is 0 Å². The van der Waals surface area contributed by atoms with E-state index in [0.29, 0.717) is 30.0 Å². The van der Waals surface area contributed by atoms with Gasteiger partial charge in [0.05, 0.1) is 11.3 Å². The summed E-state index contributed by atoms with van der Waals surface area (Å²) in [6.45, 7) is 4.08. The summed E-state index contributed by atoms with van der Waals surface area (Å²) in [6.07, 6.45) is 3.24. The van der Waals surface area contributed by atoms with Gasteiger partial charge in [-0.2, -0.15) is 0 Å². The Morgan fingerprint density at radius 3 is 2.39 bits per heavy atom. The van der Waals surface area contributed by atoms with Crippen LogP contribution in [-0.4, -0.2) is 10.1 Å². The minimum absolute atomic E-state index is 0.152. The van der Waals surface area contributed by atoms with Gasteiger partial charge in [-0.25, -0.2) is 13.8 Å². The van der Waals surface area contributed by atoms with Gasteiger partial charge in [-0.05, 0) is 67.5 Å². The minimum Gasteiger partial charge on any atom is -0.385 e. The Labute approximate surface area is 133 Å². The molecule has 1 aromatic heterocycles. The highest BCUT2D eigenvalue weighted by Crippen LogP contribution is 2.49. The molecule has 0 unspecified atom stereocenters. The van der Waals surface area contributed by atoms with Crippen LogP contribution in [0.1, 0.15) is 36.9 Å². The van der Waals surface area contributed by atoms with Crippen molar-refractivity contribution in [3.63, 3.8) is 0 Å². The van der Waals surface area contributed by atoms with Crippen molar-refractivity contribution in [2.45, 2.75) is 31.3 Å². The van der Waals surface area contributed by atoms with Crippen LogP contribution in [0.4, 0.5) is 8.78 Å². The van der Waals surface area contributed by atoms with Crippen molar-refractivity contribution in [3.8, 4) is 11.3 Å². The van der Waals surface area contributed by atoms with Gasteiger partial charge in [0, 0.05) is 11.1 Å². The Balaban J connectivity index is 1.87. The zero-order valence-electron chi connectivity index (χ0n) is 12.6. The zero-order chi connectivity index (χ0) is 16.2. The SMILES string of the molecule is C=C(c1cc(C2(O)CC2)c(F)c(-c2ccc(F)cc2)n1)C1CC1. The van der Waals surface area contributed by atoms with Crippen LogP contribution in [0.15, 0.2) is 36.9 Å². The minimum atomic E-state index is -1.10. The Bertz CT molecular complexity index is 790. The molecule has 2 aliphatic rings. The third-order valence-corrected chi connectivity index (χ3v) is 4.70. The number of benzene rings is 1. The van der Waals surface area contributed by atoms with Crippen LogP contribution in [-0.2, 0) is 5.60 Å². The fraction of sp³-hybridized carbons (Fsp3) is 0.316. The summed E-state index contributed by atoms with van der Waals surface area (Å²) in [4.78, 5) is 4.43. The average Bonchev–Trinajstić information content (AvgIpc) is 3.44. The number of aliphatic hydroxyl groups is 1. The normalized spacial score (nSPS) is 18.7. The first-order valence-corrected chi connectivity index (χ1v) is 7.86. The van der Waals surface area contributed by atoms with Crippen LogP contribution >= 0.6 is 0 Å². The third-order valence-electron chi connectivity index (χ3n) is 4.70. The van der Waals surface area contributed by atoms with Crippen molar-refractivity contribution >= 4 is 5.57 Å². The number of allylic oxidation sites excluding steroid dienone is 1. The third kappa shape index (κ3) is 2.57. The monoisotopic (exact) mass is 313 g/mol. The van der Waals surface area contributed by atoms with E-state index in [9.17, 15) is 13.9 Å². The molecule has 0 spiro atoms. The summed E-state index contributed by atoms with van der Waals surface area (Å²) in [5, 5.41) is 10.4. The van der Waals surface area contributed by atoms with E-state index in [2.05, 4.69) is 11.6 Å². The maximum Gasteiger partial charge on any atom is 0.155 e. The Morgan fingerprint density at radius 2 is 1.83 bits per heavy atom. The Hall–Kier alpha value is -2.07. The van der Waals surface area contributed by atoms with Gasteiger partial charge in [0.1, 0.15) is 11.5 Å². The lowest BCUT2D eigenvalue weighted by molar-refractivity contribution is 0.146. The van der Waals surface area contributed by atoms with Crippen LogP contribution in [0.25, 0.3) is 16.8 Å². The van der Waals surface area contributed by atoms with Crippen LogP contribution in [0.2, 0.25) is 0 Å². The van der Waals surface area contributed by atoms with E-state index in [0.717, 1.165) is 18.4 Å². The molecule has 4 heteroatoms. The van der Waals surface area contributed by atoms with Gasteiger partial charge < -0.3 is 5.11 Å². The first-order chi connectivity index (χ1) is 11.0. The van der Waals surface area contributed by atoms with Crippen molar-refractivity contribution in [1.82, 2.24) is 4.98 Å². The second kappa shape index (κ2) is 4.96. The first kappa shape index (κ1) is 14.5. The number of halogens is 2. The van der Waals surface area contributed by atoms with Crippen molar-refractivity contribution in [3.05, 3.63) is 59.8 Å². The molecule has 0 amide bonds. The molecule has 2 saturated carbocycles. The van der Waals surface area contributed by atoms with Gasteiger partial charge in [-0.1, -0.05) is 6.58 Å². The summed E-state index contributed by atoms with van der Waals surface area (Å²) < 4.78 is 28.0. The molecule has 4 rings (SSSR count). The van der Waals surface area contributed by atoms with Gasteiger partial charge in [0.15, 0.2) is 5.82 Å². The molecule has 2 fully saturated rings. The summed E-state index contributed by atoms with van der Waals surface area (Å²) in [5.74, 6) is -0.506. The highest BCUT2D eigenvalue weighted by atomic mass is 19.1. The summed E-state index contributed by atoms with van der Waals surface area (Å²) in [7, 11) is 0. The van der Waals surface area contributed by atoms with Crippen LogP contribution < -0.4 is 0 Å². The molecule has 1 heterocycles. The van der Waals surface area contributed by atoms with Crippen LogP contribution in [0.5, 0.6) is 0 Å². The predicted octanol–water partition coefficient (Wildman–Crippen LogP) is 4.43. The van der Waals surface area contributed by atoms with E-state index >= 15 is 0 Å². The number of hydrogen-bond acceptors (Lipinski definition) is 2. The second-order valence-electron chi connectivity index (χ2n) is 6.56. The fourth-order valence-corrected chi connectivity index (χ4v) is 2.86. The average molecular weight is 313 g/mol. The maximum absolute atomic E-state index is 14.9. The number of rotatable bonds is 4. The van der Waals surface area contributed by atoms with Crippen molar-refractivity contribution in [2.75, 3.05) is 0 Å². The molecule has 2 aromatic rings. The van der Waals surface area contributed by atoms with Gasteiger partial charge in [0.2, 0.25) is 0 Å². The Morgan fingerprint density at radius 1 is 1.17 bits per heavy atom. The predicted molar refractivity (Wildman–Crippen MR) is 84.5 cm³/mol. The molecule has 0 aliphatic heterocycles. The van der Waals surface area contributed by atoms with E-state index in [4.69, 9.17) is 0 Å². The molecule has 2 aliphatic carbocycles. The van der Waals surface area contributed by atoms with Crippen molar-refractivity contribution in [2.24, 2.45) is 5.92 Å². The smallest absolute Gasteiger partial charge is 0.155 e. The van der Waals surface area contributed by atoms with Gasteiger partial charge in [-0.3, -0.25) is 0 Å². The highest BCUT2D eigenvalue weighted by Gasteiger charge is 2.45. The fourth-order valence-electron chi connectivity index (χ4n) is 2.86. The standard InChI is InChI=1S/C19H17F2NO/c1-11(12-2-3-12)16-10-15(19(23)8-9-19)17(21)18(22-16)13-4-6-14(20)7-5-13/h4-7,10,12,23H,1-3,8-9H2. The zero-order valence-corrected chi connectivity index (χ0v) is 12.6. The summed E-state index contributed by atoms with van der Waals surface area (Å²) in [6, 6.07) is 7.21. The van der Waals surface area contributed by atoms with Crippen LogP contribution in [0, 0.1) is 17.6 Å². The van der Waals surface area contributed by atoms with E-state index in [1.165, 1.54) is 24.3 Å². The molecule has 0 saturated heterocycles. The topological polar surface area (TPSA) is 33.1 Å². The lowest BCUT2D eigenvalue weighted by atomic mass is 9.99. The molecule has 1 aromatic carbocycles. The van der Waals surface area contributed by atoms with Crippen LogP contribution in [0.3, 0.4) is 0 Å². The summed E-state index contributed by atoms with van der Waals surface area (Å²) in [5.41, 5.74) is 1.35. The largest absolute Gasteiger partial charge is 0.385 e. The quantitative estimate of drug-likeness (QED) is 0.905. The molecule has 2 nitrogen and oxygen atoms in total. The molecule has 1 N–H and O–H groups in total. The van der Waals surface area contributed by atoms with E-state index in [1.54, 1.807) is 6.07 Å². The molecule has 0 bridgehead atoms. The maximum atomic E-state index is 14.9. The molecule has 0 radical (unpaired) electrons. The highest BCUT2D eigenvalue weighted by molar-refractivity contribution is 5.70. The molecular formula is C19H17F2NO. The van der Waals surface area contributed by atoms with E-state index in [-0.39, 0.29) is 17.1 Å². The molecular weight excluding hydrogens is 296 g/mol. The van der Waals surface area contributed by atoms with Crippen molar-refractivity contribution in [1.29, 1.82) is 0 Å². The molecule has 23 heavy (non-hydrogen) atoms. The Kier molecular flexibility index (Phi) is 3.13. The van der Waals surface area contributed by atoms with E-state index in [1.807, 2.05) is 0 Å². The lowest BCUT2D eigenvalue weighted by Crippen LogP contribution is -2.11. The number of aromatic nitrogens is 1. The second-order valence-corrected chi connectivity index (χ2v) is 6.56.